The van der Waals surface area contributed by atoms with E-state index in [0.29, 0.717) is 0 Å². The van der Waals surface area contributed by atoms with Crippen molar-refractivity contribution in [2.75, 3.05) is 9.80 Å². The summed E-state index contributed by atoms with van der Waals surface area (Å²) >= 11 is 0. The van der Waals surface area contributed by atoms with Crippen LogP contribution in [0.25, 0.3) is 43.4 Å². The quantitative estimate of drug-likeness (QED) is 0.160. The molecule has 0 spiro atoms. The van der Waals surface area contributed by atoms with Gasteiger partial charge in [0.1, 0.15) is 0 Å². The Balaban J connectivity index is 1.15. The van der Waals surface area contributed by atoms with Gasteiger partial charge in [-0.05, 0) is 105 Å². The smallest absolute Gasteiger partial charge is 0.0546 e. The fourth-order valence-corrected chi connectivity index (χ4v) is 7.28. The second-order valence-electron chi connectivity index (χ2n) is 12.6. The molecule has 0 unspecified atom stereocenters. The number of para-hydroxylation sites is 3. The highest BCUT2D eigenvalue weighted by atomic mass is 15.1. The normalized spacial score (nSPS) is 11.2. The predicted octanol–water partition coefficient (Wildman–Crippen LogP) is 13.8. The van der Waals surface area contributed by atoms with Crippen LogP contribution in [-0.2, 0) is 0 Å². The van der Waals surface area contributed by atoms with Crippen LogP contribution >= 0.6 is 0 Å². The number of nitrogens with zero attached hydrogens (tertiary/aromatic N) is 2. The molecule has 0 amide bonds. The molecule has 0 atom stereocenters. The fourth-order valence-electron chi connectivity index (χ4n) is 7.28. The minimum Gasteiger partial charge on any atom is -0.311 e. The number of benzene rings is 9. The molecule has 236 valence electrons. The molecule has 9 rings (SSSR count). The van der Waals surface area contributed by atoms with E-state index in [1.165, 1.54) is 43.4 Å². The lowest BCUT2D eigenvalue weighted by Gasteiger charge is -2.28. The van der Waals surface area contributed by atoms with Crippen molar-refractivity contribution < 1.29 is 0 Å². The van der Waals surface area contributed by atoms with Crippen LogP contribution in [0.2, 0.25) is 0 Å². The van der Waals surface area contributed by atoms with E-state index in [1.54, 1.807) is 0 Å². The molecule has 0 bridgehead atoms. The highest BCUT2D eigenvalue weighted by molar-refractivity contribution is 6.14. The Hall–Kier alpha value is -6.64. The molecular formula is C48H34N2. The van der Waals surface area contributed by atoms with Crippen molar-refractivity contribution in [2.45, 2.75) is 0 Å². The van der Waals surface area contributed by atoms with Crippen LogP contribution in [-0.4, -0.2) is 0 Å². The van der Waals surface area contributed by atoms with Crippen LogP contribution in [0.15, 0.2) is 206 Å². The molecule has 0 saturated heterocycles. The van der Waals surface area contributed by atoms with Crippen LogP contribution < -0.4 is 9.80 Å². The van der Waals surface area contributed by atoms with Gasteiger partial charge in [-0.25, -0.2) is 0 Å². The molecular weight excluding hydrogens is 605 g/mol. The van der Waals surface area contributed by atoms with Crippen molar-refractivity contribution in [3.63, 3.8) is 0 Å². The highest BCUT2D eigenvalue weighted by Gasteiger charge is 2.18. The van der Waals surface area contributed by atoms with E-state index in [-0.39, 0.29) is 0 Å². The first-order valence-corrected chi connectivity index (χ1v) is 17.1. The fraction of sp³-hybridized carbons (Fsp3) is 0. The average molecular weight is 639 g/mol. The molecule has 50 heavy (non-hydrogen) atoms. The third kappa shape index (κ3) is 5.34. The summed E-state index contributed by atoms with van der Waals surface area (Å²) in [6.07, 6.45) is 0. The third-order valence-corrected chi connectivity index (χ3v) is 9.59. The lowest BCUT2D eigenvalue weighted by molar-refractivity contribution is 1.28. The number of anilines is 6. The van der Waals surface area contributed by atoms with Gasteiger partial charge in [0.2, 0.25) is 0 Å². The van der Waals surface area contributed by atoms with Gasteiger partial charge in [-0.3, -0.25) is 0 Å². The maximum Gasteiger partial charge on any atom is 0.0546 e. The molecule has 0 aliphatic carbocycles. The Morgan fingerprint density at radius 3 is 1.40 bits per heavy atom. The van der Waals surface area contributed by atoms with Gasteiger partial charge in [0, 0.05) is 33.8 Å². The topological polar surface area (TPSA) is 6.48 Å². The first-order chi connectivity index (χ1) is 24.8. The largest absolute Gasteiger partial charge is 0.311 e. The minimum absolute atomic E-state index is 1.12. The Bertz CT molecular complexity index is 2540. The zero-order valence-corrected chi connectivity index (χ0v) is 27.5. The Morgan fingerprint density at radius 2 is 0.740 bits per heavy atom. The van der Waals surface area contributed by atoms with E-state index in [9.17, 15) is 0 Å². The summed E-state index contributed by atoms with van der Waals surface area (Å²) in [7, 11) is 0. The average Bonchev–Trinajstić information content (AvgIpc) is 3.19. The molecule has 0 N–H and O–H groups in total. The van der Waals surface area contributed by atoms with Gasteiger partial charge in [-0.1, -0.05) is 140 Å². The number of rotatable bonds is 7. The first-order valence-electron chi connectivity index (χ1n) is 17.1. The summed E-state index contributed by atoms with van der Waals surface area (Å²) in [6.45, 7) is 0. The zero-order chi connectivity index (χ0) is 33.3. The van der Waals surface area contributed by atoms with Gasteiger partial charge >= 0.3 is 0 Å². The maximum absolute atomic E-state index is 2.40. The number of hydrogen-bond acceptors (Lipinski definition) is 2. The lowest BCUT2D eigenvalue weighted by atomic mass is 9.96. The van der Waals surface area contributed by atoms with Crippen molar-refractivity contribution in [1.82, 2.24) is 0 Å². The highest BCUT2D eigenvalue weighted by Crippen LogP contribution is 2.43. The summed E-state index contributed by atoms with van der Waals surface area (Å²) in [4.78, 5) is 4.70. The Kier molecular flexibility index (Phi) is 7.53. The molecule has 0 aliphatic heterocycles. The summed E-state index contributed by atoms with van der Waals surface area (Å²) in [6, 6.07) is 74.0. The van der Waals surface area contributed by atoms with E-state index in [1.807, 2.05) is 0 Å². The maximum atomic E-state index is 2.40. The van der Waals surface area contributed by atoms with Crippen molar-refractivity contribution in [1.29, 1.82) is 0 Å². The van der Waals surface area contributed by atoms with Crippen molar-refractivity contribution in [2.24, 2.45) is 0 Å². The standard InChI is InChI=1S/C48H34N2/c1-4-17-38(18-5-1)49(39-19-6-2-7-20-39)41-29-27-35(28-30-41)43-26-14-16-36-33-42(31-32-45(36)43)50(40-21-8-3-9-22-40)48-34-37-15-10-11-23-44(37)46-24-12-13-25-47(46)48/h1-34H. The molecule has 2 heteroatoms. The number of hydrogen-bond donors (Lipinski definition) is 0. The summed E-state index contributed by atoms with van der Waals surface area (Å²) in [5.41, 5.74) is 9.20. The SMILES string of the molecule is c1ccc(N(c2ccccc2)c2ccc(-c3cccc4cc(N(c5ccccc5)c5cc6ccccc6c6ccccc56)ccc34)cc2)cc1. The Labute approximate surface area is 292 Å². The molecule has 0 heterocycles. The number of fused-ring (bicyclic) bond motifs is 4. The Morgan fingerprint density at radius 1 is 0.260 bits per heavy atom. The van der Waals surface area contributed by atoms with Crippen molar-refractivity contribution >= 4 is 66.4 Å². The molecule has 9 aromatic rings. The van der Waals surface area contributed by atoms with Crippen molar-refractivity contribution in [3.05, 3.63) is 206 Å². The van der Waals surface area contributed by atoms with Crippen LogP contribution in [0.5, 0.6) is 0 Å². The van der Waals surface area contributed by atoms with E-state index < -0.39 is 0 Å². The van der Waals surface area contributed by atoms with Crippen LogP contribution in [0, 0.1) is 0 Å². The molecule has 0 aromatic heterocycles. The summed E-state index contributed by atoms with van der Waals surface area (Å²) < 4.78 is 0. The van der Waals surface area contributed by atoms with E-state index in [0.717, 1.165) is 34.1 Å². The van der Waals surface area contributed by atoms with Crippen LogP contribution in [0.3, 0.4) is 0 Å². The monoisotopic (exact) mass is 638 g/mol. The van der Waals surface area contributed by atoms with Crippen LogP contribution in [0.4, 0.5) is 34.1 Å². The van der Waals surface area contributed by atoms with Crippen molar-refractivity contribution in [3.8, 4) is 11.1 Å². The van der Waals surface area contributed by atoms with Gasteiger partial charge < -0.3 is 9.80 Å². The molecule has 2 nitrogen and oxygen atoms in total. The predicted molar refractivity (Wildman–Crippen MR) is 214 cm³/mol. The van der Waals surface area contributed by atoms with Gasteiger partial charge in [-0.2, -0.15) is 0 Å². The molecule has 0 radical (unpaired) electrons. The van der Waals surface area contributed by atoms with Crippen LogP contribution in [0.1, 0.15) is 0 Å². The lowest BCUT2D eigenvalue weighted by Crippen LogP contribution is -2.10. The molecule has 0 fully saturated rings. The first kappa shape index (κ1) is 29.5. The van der Waals surface area contributed by atoms with E-state index >= 15 is 0 Å². The van der Waals surface area contributed by atoms with Gasteiger partial charge in [-0.15, -0.1) is 0 Å². The third-order valence-electron chi connectivity index (χ3n) is 9.59. The summed E-state index contributed by atoms with van der Waals surface area (Å²) in [5, 5.41) is 7.40. The van der Waals surface area contributed by atoms with E-state index in [4.69, 9.17) is 0 Å². The minimum atomic E-state index is 1.12. The van der Waals surface area contributed by atoms with Gasteiger partial charge in [0.25, 0.3) is 0 Å². The van der Waals surface area contributed by atoms with Gasteiger partial charge in [0.15, 0.2) is 0 Å². The van der Waals surface area contributed by atoms with Gasteiger partial charge in [0.05, 0.1) is 5.69 Å². The van der Waals surface area contributed by atoms with E-state index in [2.05, 4.69) is 216 Å². The molecule has 0 saturated carbocycles. The summed E-state index contributed by atoms with van der Waals surface area (Å²) in [5.74, 6) is 0. The molecule has 0 aliphatic rings. The second kappa shape index (κ2) is 12.8. The molecule has 9 aromatic carbocycles. The second-order valence-corrected chi connectivity index (χ2v) is 12.6. The zero-order valence-electron chi connectivity index (χ0n) is 27.5.